The SMILES string of the molecule is CC(C)(C)[NH-].CC1=[C-]c2cc3c(cc2=C1C)C=CC=3.C[SiH]C.[Cl-].[Cl-].[Ti+4]. The van der Waals surface area contributed by atoms with Crippen molar-refractivity contribution in [2.24, 2.45) is 0 Å². The number of allylic oxidation sites excluding steroid dienone is 2. The number of benzene rings is 1. The van der Waals surface area contributed by atoms with Gasteiger partial charge in [-0.05, 0) is 5.56 Å². The first-order valence-corrected chi connectivity index (χ1v) is 10.1. The Morgan fingerprint density at radius 1 is 1.04 bits per heavy atom. The fourth-order valence-electron chi connectivity index (χ4n) is 2.09. The van der Waals surface area contributed by atoms with Gasteiger partial charge < -0.3 is 30.5 Å². The van der Waals surface area contributed by atoms with E-state index in [0.717, 1.165) is 9.52 Å². The molecular weight excluding hydrogens is 401 g/mol. The monoisotopic (exact) mass is 428 g/mol. The third-order valence-electron chi connectivity index (χ3n) is 3.06. The Hall–Kier alpha value is -0.0888. The maximum atomic E-state index is 6.94. The van der Waals surface area contributed by atoms with Gasteiger partial charge in [-0.1, -0.05) is 77.2 Å². The van der Waals surface area contributed by atoms with Gasteiger partial charge in [0.1, 0.15) is 0 Å². The second kappa shape index (κ2) is 13.1. The number of rotatable bonds is 0. The molecule has 0 amide bonds. The minimum atomic E-state index is -0.250. The van der Waals surface area contributed by atoms with Crippen LogP contribution in [0, 0.1) is 6.08 Å². The van der Waals surface area contributed by atoms with Crippen LogP contribution in [-0.4, -0.2) is 15.1 Å². The van der Waals surface area contributed by atoms with Crippen molar-refractivity contribution < 1.29 is 46.5 Å². The van der Waals surface area contributed by atoms with Gasteiger partial charge in [0.2, 0.25) is 0 Å². The van der Waals surface area contributed by atoms with E-state index < -0.39 is 0 Å². The van der Waals surface area contributed by atoms with E-state index in [1.54, 1.807) is 0 Å². The molecule has 25 heavy (non-hydrogen) atoms. The first kappa shape index (κ1) is 29.7. The first-order chi connectivity index (χ1) is 10.2. The van der Waals surface area contributed by atoms with Gasteiger partial charge in [-0.25, -0.2) is 0 Å². The van der Waals surface area contributed by atoms with Crippen molar-refractivity contribution in [3.8, 4) is 0 Å². The molecule has 1 N–H and O–H groups in total. The van der Waals surface area contributed by atoms with Crippen molar-refractivity contribution >= 4 is 27.2 Å². The Bertz CT molecular complexity index is 710. The molecule has 0 saturated carbocycles. The minimum Gasteiger partial charge on any atom is -1.00 e. The summed E-state index contributed by atoms with van der Waals surface area (Å²) >= 11 is 0. The van der Waals surface area contributed by atoms with Crippen LogP contribution in [0.3, 0.4) is 0 Å². The van der Waals surface area contributed by atoms with Gasteiger partial charge in [-0.2, -0.15) is 11.1 Å². The van der Waals surface area contributed by atoms with Crippen LogP contribution >= 0.6 is 0 Å². The van der Waals surface area contributed by atoms with Crippen molar-refractivity contribution in [3.05, 3.63) is 57.2 Å². The van der Waals surface area contributed by atoms with Crippen LogP contribution in [-0.2, 0) is 21.7 Å². The van der Waals surface area contributed by atoms with E-state index in [2.05, 4.69) is 63.4 Å². The third-order valence-corrected chi connectivity index (χ3v) is 3.06. The van der Waals surface area contributed by atoms with E-state index in [0.29, 0.717) is 0 Å². The van der Waals surface area contributed by atoms with Crippen LogP contribution in [0.25, 0.3) is 23.5 Å². The summed E-state index contributed by atoms with van der Waals surface area (Å²) in [5, 5.41) is 2.67. The average Bonchev–Trinajstić information content (AvgIpc) is 2.92. The van der Waals surface area contributed by atoms with Crippen molar-refractivity contribution in [2.75, 3.05) is 0 Å². The van der Waals surface area contributed by atoms with E-state index in [9.17, 15) is 0 Å². The molecule has 0 aliphatic heterocycles. The van der Waals surface area contributed by atoms with Gasteiger partial charge >= 0.3 is 21.7 Å². The van der Waals surface area contributed by atoms with E-state index in [1.807, 2.05) is 20.8 Å². The summed E-state index contributed by atoms with van der Waals surface area (Å²) in [6.45, 7) is 14.3. The number of hydrogen-bond acceptors (Lipinski definition) is 0. The third kappa shape index (κ3) is 9.98. The minimum absolute atomic E-state index is 0. The van der Waals surface area contributed by atoms with Crippen molar-refractivity contribution in [1.82, 2.24) is 0 Å². The molecule has 1 aromatic carbocycles. The Morgan fingerprint density at radius 3 is 2.00 bits per heavy atom. The van der Waals surface area contributed by atoms with Gasteiger partial charge in [0.05, 0.1) is 0 Å². The van der Waals surface area contributed by atoms with E-state index in [-0.39, 0.29) is 52.1 Å². The molecule has 5 heteroatoms. The maximum Gasteiger partial charge on any atom is 4.00 e. The fourth-order valence-corrected chi connectivity index (χ4v) is 2.09. The molecule has 2 aliphatic carbocycles. The summed E-state index contributed by atoms with van der Waals surface area (Å²) < 4.78 is 0. The zero-order valence-electron chi connectivity index (χ0n) is 16.2. The average molecular weight is 429 g/mol. The second-order valence-electron chi connectivity index (χ2n) is 6.75. The molecule has 1 radical (unpaired) electrons. The molecule has 0 heterocycles. The summed E-state index contributed by atoms with van der Waals surface area (Å²) in [5.74, 6) is 0. The maximum absolute atomic E-state index is 6.94. The number of fused-ring (bicyclic) bond motifs is 2. The van der Waals surface area contributed by atoms with Crippen molar-refractivity contribution in [3.63, 3.8) is 0 Å². The van der Waals surface area contributed by atoms with Crippen LogP contribution in [0.1, 0.15) is 45.7 Å². The number of hydrogen-bond donors (Lipinski definition) is 0. The molecule has 1 aromatic rings. The van der Waals surface area contributed by atoms with E-state index in [1.165, 1.54) is 32.7 Å². The Balaban J connectivity index is -0.000000384. The van der Waals surface area contributed by atoms with Crippen LogP contribution in [0.5, 0.6) is 0 Å². The molecule has 0 aromatic heterocycles. The van der Waals surface area contributed by atoms with Gasteiger partial charge in [0.25, 0.3) is 0 Å². The molecule has 0 unspecified atom stereocenters. The molecule has 135 valence electrons. The molecular formula is C20H28Cl2NSiTi. The summed E-state index contributed by atoms with van der Waals surface area (Å²) in [4.78, 5) is 0. The van der Waals surface area contributed by atoms with Gasteiger partial charge in [-0.15, -0.1) is 28.5 Å². The fraction of sp³-hybridized carbons (Fsp3) is 0.400. The number of nitrogens with one attached hydrogen (secondary N) is 1. The zero-order valence-corrected chi connectivity index (χ0v) is 20.4. The van der Waals surface area contributed by atoms with Gasteiger partial charge in [0, 0.05) is 9.52 Å². The largest absolute Gasteiger partial charge is 4.00 e. The topological polar surface area (TPSA) is 23.8 Å². The Kier molecular flexibility index (Phi) is 15.6. The quantitative estimate of drug-likeness (QED) is 0.341. The zero-order chi connectivity index (χ0) is 16.9. The predicted octanol–water partition coefficient (Wildman–Crippen LogP) is -1.86. The van der Waals surface area contributed by atoms with Crippen LogP contribution < -0.4 is 35.3 Å². The summed E-state index contributed by atoms with van der Waals surface area (Å²) in [5.41, 5.74) is 11.9. The molecule has 0 saturated heterocycles. The molecule has 0 atom stereocenters. The molecule has 3 rings (SSSR count). The van der Waals surface area contributed by atoms with E-state index in [4.69, 9.17) is 5.73 Å². The molecule has 0 spiro atoms. The summed E-state index contributed by atoms with van der Waals surface area (Å²) in [6.07, 6.45) is 9.83. The van der Waals surface area contributed by atoms with Crippen LogP contribution in [0.2, 0.25) is 13.1 Å². The Labute approximate surface area is 183 Å². The summed E-state index contributed by atoms with van der Waals surface area (Å²) in [6, 6.07) is 4.49. The predicted molar refractivity (Wildman–Crippen MR) is 103 cm³/mol. The standard InChI is InChI=1S/C14H11.C4H10N.C2H7Si.2ClH.Ti/c1-9-6-13-7-11-4-3-5-12(11)8-14(13)10(9)2;1-4(2,3)5;1-3-2;;;/h3-5,7-8H,1-2H3;5H,1-3H3;3H,1-2H3;2*1H;/q2*-1;;;;+4/p-2. The van der Waals surface area contributed by atoms with Crippen molar-refractivity contribution in [1.29, 1.82) is 0 Å². The molecule has 1 nitrogen and oxygen atoms in total. The summed E-state index contributed by atoms with van der Waals surface area (Å²) in [7, 11) is 0.750. The van der Waals surface area contributed by atoms with Crippen LogP contribution in [0.4, 0.5) is 0 Å². The normalized spacial score (nSPS) is 12.3. The Morgan fingerprint density at radius 2 is 1.52 bits per heavy atom. The first-order valence-electron chi connectivity index (χ1n) is 7.80. The molecule has 0 bridgehead atoms. The smallest absolute Gasteiger partial charge is 1.00 e. The van der Waals surface area contributed by atoms with Crippen molar-refractivity contribution in [2.45, 2.75) is 53.3 Å². The molecule has 0 fully saturated rings. The molecule has 2 aliphatic rings. The van der Waals surface area contributed by atoms with Gasteiger partial charge in [0.15, 0.2) is 0 Å². The van der Waals surface area contributed by atoms with Gasteiger partial charge in [-0.3, -0.25) is 0 Å². The van der Waals surface area contributed by atoms with Crippen LogP contribution in [0.15, 0.2) is 23.8 Å². The van der Waals surface area contributed by atoms with E-state index >= 15 is 0 Å². The number of halogens is 2. The second-order valence-corrected chi connectivity index (χ2v) is 7.91.